The lowest BCUT2D eigenvalue weighted by Gasteiger charge is -2.34. The van der Waals surface area contributed by atoms with Crippen molar-refractivity contribution in [2.45, 2.75) is 6.18 Å². The van der Waals surface area contributed by atoms with Crippen LogP contribution in [0.5, 0.6) is 0 Å². The van der Waals surface area contributed by atoms with Crippen molar-refractivity contribution in [1.29, 1.82) is 0 Å². The van der Waals surface area contributed by atoms with Gasteiger partial charge in [0.15, 0.2) is 11.4 Å². The number of hydrogen-bond donors (Lipinski definition) is 0. The maximum Gasteiger partial charge on any atom is 0.417 e. The second kappa shape index (κ2) is 9.14. The summed E-state index contributed by atoms with van der Waals surface area (Å²) in [5.41, 5.74) is 0.0320. The van der Waals surface area contributed by atoms with Gasteiger partial charge in [-0.2, -0.15) is 13.2 Å². The number of halogens is 3. The van der Waals surface area contributed by atoms with Crippen LogP contribution in [0.2, 0.25) is 0 Å². The van der Waals surface area contributed by atoms with Crippen molar-refractivity contribution in [2.75, 3.05) is 31.1 Å². The van der Waals surface area contributed by atoms with Gasteiger partial charge in [0.05, 0.1) is 10.9 Å². The average Bonchev–Trinajstić information content (AvgIpc) is 3.31. The number of rotatable bonds is 2. The van der Waals surface area contributed by atoms with E-state index in [0.717, 1.165) is 11.5 Å². The molecular weight excluding hydrogens is 457 g/mol. The van der Waals surface area contributed by atoms with E-state index in [9.17, 15) is 18.0 Å². The summed E-state index contributed by atoms with van der Waals surface area (Å²) in [6, 6.07) is 15.8. The van der Waals surface area contributed by atoms with Crippen LogP contribution in [0.15, 0.2) is 71.4 Å². The Morgan fingerprint density at radius 3 is 2.46 bits per heavy atom. The van der Waals surface area contributed by atoms with E-state index in [2.05, 4.69) is 22.0 Å². The quantitative estimate of drug-likeness (QED) is 0.396. The van der Waals surface area contributed by atoms with Gasteiger partial charge in [-0.1, -0.05) is 29.3 Å². The summed E-state index contributed by atoms with van der Waals surface area (Å²) in [5.74, 6) is 5.57. The van der Waals surface area contributed by atoms with Crippen molar-refractivity contribution in [3.05, 3.63) is 89.2 Å². The number of piperazine rings is 1. The first kappa shape index (κ1) is 22.5. The number of aromatic nitrogens is 2. The molecule has 1 fully saturated rings. The molecule has 35 heavy (non-hydrogen) atoms. The molecule has 5 rings (SSSR count). The summed E-state index contributed by atoms with van der Waals surface area (Å²) in [7, 11) is 0. The third-order valence-corrected chi connectivity index (χ3v) is 5.79. The highest BCUT2D eigenvalue weighted by molar-refractivity contribution is 5.95. The van der Waals surface area contributed by atoms with Gasteiger partial charge in [0.1, 0.15) is 5.69 Å². The molecule has 6 nitrogen and oxygen atoms in total. The third-order valence-electron chi connectivity index (χ3n) is 5.79. The molecule has 1 amide bonds. The Morgan fingerprint density at radius 2 is 1.71 bits per heavy atom. The number of hydrogen-bond acceptors (Lipinski definition) is 5. The molecule has 9 heteroatoms. The first-order chi connectivity index (χ1) is 16.9. The molecule has 1 aliphatic rings. The number of pyridine rings is 1. The maximum atomic E-state index is 13.6. The molecule has 0 aliphatic carbocycles. The van der Waals surface area contributed by atoms with Crippen LogP contribution in [0.1, 0.15) is 27.2 Å². The lowest BCUT2D eigenvalue weighted by molar-refractivity contribution is -0.137. The van der Waals surface area contributed by atoms with Crippen LogP contribution in [0.4, 0.5) is 19.0 Å². The minimum atomic E-state index is -4.60. The molecule has 2 aromatic carbocycles. The predicted octanol–water partition coefficient (Wildman–Crippen LogP) is 4.60. The number of carbonyl (C=O) groups excluding carboxylic acids is 1. The number of alkyl halides is 3. The van der Waals surface area contributed by atoms with Crippen LogP contribution in [0.25, 0.3) is 11.0 Å². The topological polar surface area (TPSA) is 62.5 Å². The van der Waals surface area contributed by atoms with Crippen molar-refractivity contribution in [3.63, 3.8) is 0 Å². The average molecular weight is 476 g/mol. The fourth-order valence-electron chi connectivity index (χ4n) is 4.00. The Labute approximate surface area is 199 Å². The minimum absolute atomic E-state index is 0.156. The van der Waals surface area contributed by atoms with Crippen LogP contribution in [0.3, 0.4) is 0 Å². The standard InChI is InChI=1S/C26H19F3N4O2/c27-26(28,29)22-11-9-19(17-18(22)8-10-20-5-3-4-12-30-20)25(34)33-15-13-32(14-16-33)24-21-6-1-2-7-23(21)35-31-24/h1-7,9,11-12,17H,13-16H2. The third kappa shape index (κ3) is 4.68. The molecule has 3 heterocycles. The molecule has 0 N–H and O–H groups in total. The SMILES string of the molecule is O=C(c1ccc(C(F)(F)F)c(C#Cc2ccccn2)c1)N1CCN(c2noc3ccccc23)CC1. The van der Waals surface area contributed by atoms with Crippen molar-refractivity contribution < 1.29 is 22.5 Å². The molecule has 0 atom stereocenters. The number of para-hydroxylation sites is 1. The Kier molecular flexibility index (Phi) is 5.87. The first-order valence-electron chi connectivity index (χ1n) is 10.9. The van der Waals surface area contributed by atoms with E-state index < -0.39 is 11.7 Å². The van der Waals surface area contributed by atoms with Gasteiger partial charge in [0.25, 0.3) is 5.91 Å². The van der Waals surface area contributed by atoms with Gasteiger partial charge < -0.3 is 14.3 Å². The highest BCUT2D eigenvalue weighted by Gasteiger charge is 2.34. The van der Waals surface area contributed by atoms with E-state index in [4.69, 9.17) is 4.52 Å². The summed E-state index contributed by atoms with van der Waals surface area (Å²) in [6.45, 7) is 1.84. The number of fused-ring (bicyclic) bond motifs is 1. The zero-order valence-electron chi connectivity index (χ0n) is 18.4. The molecule has 0 radical (unpaired) electrons. The second-order valence-corrected chi connectivity index (χ2v) is 8.00. The maximum absolute atomic E-state index is 13.6. The van der Waals surface area contributed by atoms with E-state index in [-0.39, 0.29) is 17.0 Å². The Morgan fingerprint density at radius 1 is 0.943 bits per heavy atom. The number of amides is 1. The lowest BCUT2D eigenvalue weighted by Crippen LogP contribution is -2.49. The van der Waals surface area contributed by atoms with Crippen molar-refractivity contribution in [3.8, 4) is 11.8 Å². The molecular formula is C26H19F3N4O2. The molecule has 2 aromatic heterocycles. The molecule has 0 spiro atoms. The summed E-state index contributed by atoms with van der Waals surface area (Å²) >= 11 is 0. The van der Waals surface area contributed by atoms with Crippen molar-refractivity contribution in [2.24, 2.45) is 0 Å². The molecule has 176 valence electrons. The summed E-state index contributed by atoms with van der Waals surface area (Å²) < 4.78 is 46.0. The van der Waals surface area contributed by atoms with Crippen molar-refractivity contribution >= 4 is 22.7 Å². The molecule has 4 aromatic rings. The lowest BCUT2D eigenvalue weighted by atomic mass is 10.0. The van der Waals surface area contributed by atoms with Crippen molar-refractivity contribution in [1.82, 2.24) is 15.0 Å². The Balaban J connectivity index is 1.35. The minimum Gasteiger partial charge on any atom is -0.354 e. The van der Waals surface area contributed by atoms with E-state index in [0.29, 0.717) is 43.3 Å². The van der Waals surface area contributed by atoms with Gasteiger partial charge in [-0.3, -0.25) is 4.79 Å². The van der Waals surface area contributed by atoms with Gasteiger partial charge in [-0.25, -0.2) is 4.98 Å². The zero-order chi connectivity index (χ0) is 24.4. The first-order valence-corrected chi connectivity index (χ1v) is 10.9. The normalized spacial score (nSPS) is 14.0. The van der Waals surface area contributed by atoms with Gasteiger partial charge in [-0.05, 0) is 48.4 Å². The number of nitrogens with zero attached hydrogens (tertiary/aromatic N) is 4. The fourth-order valence-corrected chi connectivity index (χ4v) is 4.00. The van der Waals surface area contributed by atoms with Gasteiger partial charge in [-0.15, -0.1) is 0 Å². The van der Waals surface area contributed by atoms with Crippen LogP contribution in [-0.4, -0.2) is 47.1 Å². The van der Waals surface area contributed by atoms with E-state index in [1.165, 1.54) is 18.3 Å². The van der Waals surface area contributed by atoms with E-state index in [1.807, 2.05) is 29.2 Å². The number of carbonyl (C=O) groups is 1. The molecule has 1 aliphatic heterocycles. The molecule has 0 bridgehead atoms. The fraction of sp³-hybridized carbons (Fsp3) is 0.192. The highest BCUT2D eigenvalue weighted by Crippen LogP contribution is 2.33. The second-order valence-electron chi connectivity index (χ2n) is 8.00. The zero-order valence-corrected chi connectivity index (χ0v) is 18.4. The van der Waals surface area contributed by atoms with Gasteiger partial charge >= 0.3 is 6.18 Å². The van der Waals surface area contributed by atoms with Crippen LogP contribution >= 0.6 is 0 Å². The Hall–Kier alpha value is -4.32. The number of anilines is 1. The van der Waals surface area contributed by atoms with E-state index in [1.54, 1.807) is 23.1 Å². The molecule has 0 saturated carbocycles. The molecule has 0 unspecified atom stereocenters. The van der Waals surface area contributed by atoms with Crippen LogP contribution < -0.4 is 4.90 Å². The van der Waals surface area contributed by atoms with E-state index >= 15 is 0 Å². The van der Waals surface area contributed by atoms with Gasteiger partial charge in [0, 0.05) is 43.5 Å². The number of benzene rings is 2. The smallest absolute Gasteiger partial charge is 0.354 e. The molecule has 1 saturated heterocycles. The van der Waals surface area contributed by atoms with Crippen LogP contribution in [0, 0.1) is 11.8 Å². The summed E-state index contributed by atoms with van der Waals surface area (Å²) in [5, 5.41) is 5.05. The monoisotopic (exact) mass is 476 g/mol. The predicted molar refractivity (Wildman–Crippen MR) is 124 cm³/mol. The largest absolute Gasteiger partial charge is 0.417 e. The van der Waals surface area contributed by atoms with Crippen LogP contribution in [-0.2, 0) is 6.18 Å². The highest BCUT2D eigenvalue weighted by atomic mass is 19.4. The van der Waals surface area contributed by atoms with Gasteiger partial charge in [0.2, 0.25) is 0 Å². The summed E-state index contributed by atoms with van der Waals surface area (Å²) in [6.07, 6.45) is -3.09. The summed E-state index contributed by atoms with van der Waals surface area (Å²) in [4.78, 5) is 20.8. The Bertz CT molecular complexity index is 1430.